The molecule has 0 spiro atoms. The Morgan fingerprint density at radius 2 is 1.74 bits per heavy atom. The summed E-state index contributed by atoms with van der Waals surface area (Å²) in [6.45, 7) is 2.24. The van der Waals surface area contributed by atoms with Crippen molar-refractivity contribution in [3.8, 4) is 0 Å². The van der Waals surface area contributed by atoms with Crippen molar-refractivity contribution >= 4 is 0 Å². The van der Waals surface area contributed by atoms with Gasteiger partial charge in [0, 0.05) is 5.41 Å². The lowest BCUT2D eigenvalue weighted by Gasteiger charge is -2.46. The third-order valence-corrected chi connectivity index (χ3v) is 4.81. The van der Waals surface area contributed by atoms with E-state index >= 15 is 0 Å². The van der Waals surface area contributed by atoms with Crippen LogP contribution in [0.4, 0.5) is 0 Å². The summed E-state index contributed by atoms with van der Waals surface area (Å²) in [6, 6.07) is 10.7. The minimum atomic E-state index is -0.148. The van der Waals surface area contributed by atoms with Crippen LogP contribution in [-0.2, 0) is 5.41 Å². The normalized spacial score (nSPS) is 18.8. The molecular weight excluding hydrogens is 232 g/mol. The summed E-state index contributed by atoms with van der Waals surface area (Å²) in [7, 11) is 0. The summed E-state index contributed by atoms with van der Waals surface area (Å²) in [4.78, 5) is 0. The predicted molar refractivity (Wildman–Crippen MR) is 81.4 cm³/mol. The maximum absolute atomic E-state index is 10.6. The van der Waals surface area contributed by atoms with Crippen LogP contribution in [-0.4, -0.2) is 11.2 Å². The van der Waals surface area contributed by atoms with Crippen LogP contribution in [0.5, 0.6) is 0 Å². The SMILES string of the molecule is CCCCCCCC(O)C1(c2ccccc2)CCC1. The van der Waals surface area contributed by atoms with Crippen LogP contribution in [0, 0.1) is 0 Å². The van der Waals surface area contributed by atoms with Gasteiger partial charge in [-0.05, 0) is 24.8 Å². The third kappa shape index (κ3) is 3.39. The lowest BCUT2D eigenvalue weighted by Crippen LogP contribution is -2.45. The first-order valence-electron chi connectivity index (χ1n) is 8.03. The van der Waals surface area contributed by atoms with E-state index in [1.165, 1.54) is 44.1 Å². The molecule has 0 aromatic heterocycles. The quantitative estimate of drug-likeness (QED) is 0.664. The molecule has 0 bridgehead atoms. The zero-order valence-electron chi connectivity index (χ0n) is 12.3. The Balaban J connectivity index is 1.87. The molecule has 2 rings (SSSR count). The Hall–Kier alpha value is -0.820. The van der Waals surface area contributed by atoms with Crippen molar-refractivity contribution in [2.75, 3.05) is 0 Å². The van der Waals surface area contributed by atoms with Crippen molar-refractivity contribution in [3.05, 3.63) is 35.9 Å². The number of hydrogen-bond acceptors (Lipinski definition) is 1. The molecule has 1 fully saturated rings. The molecule has 1 aromatic carbocycles. The van der Waals surface area contributed by atoms with Gasteiger partial charge in [-0.25, -0.2) is 0 Å². The fraction of sp³-hybridized carbons (Fsp3) is 0.667. The first-order chi connectivity index (χ1) is 9.29. The Morgan fingerprint density at radius 1 is 1.05 bits per heavy atom. The van der Waals surface area contributed by atoms with E-state index in [1.54, 1.807) is 0 Å². The largest absolute Gasteiger partial charge is 0.392 e. The van der Waals surface area contributed by atoms with Gasteiger partial charge < -0.3 is 5.11 Å². The van der Waals surface area contributed by atoms with Crippen molar-refractivity contribution in [2.24, 2.45) is 0 Å². The number of aliphatic hydroxyl groups excluding tert-OH is 1. The average molecular weight is 260 g/mol. The van der Waals surface area contributed by atoms with E-state index in [9.17, 15) is 5.11 Å². The van der Waals surface area contributed by atoms with E-state index in [1.807, 2.05) is 0 Å². The van der Waals surface area contributed by atoms with Crippen LogP contribution in [0.15, 0.2) is 30.3 Å². The van der Waals surface area contributed by atoms with Gasteiger partial charge in [0.15, 0.2) is 0 Å². The molecule has 0 radical (unpaired) electrons. The first-order valence-corrected chi connectivity index (χ1v) is 8.03. The average Bonchev–Trinajstić information content (AvgIpc) is 2.38. The van der Waals surface area contributed by atoms with Crippen LogP contribution in [0.3, 0.4) is 0 Å². The van der Waals surface area contributed by atoms with Gasteiger partial charge in [-0.15, -0.1) is 0 Å². The standard InChI is InChI=1S/C18H28O/c1-2-3-4-5-9-13-17(19)18(14-10-15-18)16-11-7-6-8-12-16/h6-8,11-12,17,19H,2-5,9-10,13-15H2,1H3. The smallest absolute Gasteiger partial charge is 0.0636 e. The minimum absolute atomic E-state index is 0.0754. The molecule has 1 saturated carbocycles. The van der Waals surface area contributed by atoms with E-state index in [2.05, 4.69) is 37.3 Å². The van der Waals surface area contributed by atoms with E-state index in [0.29, 0.717) is 0 Å². The summed E-state index contributed by atoms with van der Waals surface area (Å²) < 4.78 is 0. The Labute approximate surface area is 118 Å². The van der Waals surface area contributed by atoms with Crippen molar-refractivity contribution in [1.29, 1.82) is 0 Å². The molecule has 106 valence electrons. The van der Waals surface area contributed by atoms with E-state index < -0.39 is 0 Å². The van der Waals surface area contributed by atoms with Crippen LogP contribution in [0.2, 0.25) is 0 Å². The summed E-state index contributed by atoms with van der Waals surface area (Å²) >= 11 is 0. The van der Waals surface area contributed by atoms with Crippen LogP contribution >= 0.6 is 0 Å². The number of hydrogen-bond donors (Lipinski definition) is 1. The lowest BCUT2D eigenvalue weighted by molar-refractivity contribution is 0.0205. The number of aliphatic hydroxyl groups is 1. The van der Waals surface area contributed by atoms with Crippen LogP contribution in [0.25, 0.3) is 0 Å². The minimum Gasteiger partial charge on any atom is -0.392 e. The molecule has 1 heteroatoms. The molecule has 1 N–H and O–H groups in total. The van der Waals surface area contributed by atoms with Crippen molar-refractivity contribution in [2.45, 2.75) is 76.2 Å². The second-order valence-corrected chi connectivity index (χ2v) is 6.09. The molecule has 0 amide bonds. The third-order valence-electron chi connectivity index (χ3n) is 4.81. The molecule has 1 nitrogen and oxygen atoms in total. The summed E-state index contributed by atoms with van der Waals surface area (Å²) in [5.41, 5.74) is 1.42. The highest BCUT2D eigenvalue weighted by Gasteiger charge is 2.44. The van der Waals surface area contributed by atoms with Gasteiger partial charge in [0.2, 0.25) is 0 Å². The predicted octanol–water partition coefficient (Wildman–Crippen LogP) is 4.83. The maximum Gasteiger partial charge on any atom is 0.0636 e. The van der Waals surface area contributed by atoms with Gasteiger partial charge in [-0.2, -0.15) is 0 Å². The summed E-state index contributed by atoms with van der Waals surface area (Å²) in [5, 5.41) is 10.6. The fourth-order valence-corrected chi connectivity index (χ4v) is 3.36. The van der Waals surface area contributed by atoms with Crippen molar-refractivity contribution in [3.63, 3.8) is 0 Å². The zero-order valence-corrected chi connectivity index (χ0v) is 12.3. The monoisotopic (exact) mass is 260 g/mol. The number of unbranched alkanes of at least 4 members (excludes halogenated alkanes) is 4. The van der Waals surface area contributed by atoms with Gasteiger partial charge in [-0.1, -0.05) is 75.8 Å². The van der Waals surface area contributed by atoms with Crippen LogP contribution < -0.4 is 0 Å². The highest BCUT2D eigenvalue weighted by Crippen LogP contribution is 2.47. The highest BCUT2D eigenvalue weighted by atomic mass is 16.3. The molecule has 19 heavy (non-hydrogen) atoms. The molecule has 1 aliphatic rings. The molecule has 1 aromatic rings. The number of benzene rings is 1. The van der Waals surface area contributed by atoms with E-state index in [4.69, 9.17) is 0 Å². The van der Waals surface area contributed by atoms with E-state index in [-0.39, 0.29) is 11.5 Å². The Kier molecular flexibility index (Phi) is 5.45. The molecule has 0 aliphatic heterocycles. The molecule has 0 heterocycles. The topological polar surface area (TPSA) is 20.2 Å². The van der Waals surface area contributed by atoms with Crippen molar-refractivity contribution in [1.82, 2.24) is 0 Å². The second kappa shape index (κ2) is 7.09. The van der Waals surface area contributed by atoms with Gasteiger partial charge in [0.25, 0.3) is 0 Å². The second-order valence-electron chi connectivity index (χ2n) is 6.09. The zero-order chi connectivity index (χ0) is 13.6. The maximum atomic E-state index is 10.6. The molecule has 1 unspecified atom stereocenters. The Morgan fingerprint density at radius 3 is 2.32 bits per heavy atom. The Bertz CT molecular complexity index is 353. The van der Waals surface area contributed by atoms with Gasteiger partial charge in [0.1, 0.15) is 0 Å². The van der Waals surface area contributed by atoms with Gasteiger partial charge in [0.05, 0.1) is 6.10 Å². The van der Waals surface area contributed by atoms with Gasteiger partial charge >= 0.3 is 0 Å². The summed E-state index contributed by atoms with van der Waals surface area (Å²) in [6.07, 6.45) is 10.8. The molecule has 0 saturated heterocycles. The van der Waals surface area contributed by atoms with Gasteiger partial charge in [-0.3, -0.25) is 0 Å². The molecule has 1 aliphatic carbocycles. The van der Waals surface area contributed by atoms with Crippen LogP contribution in [0.1, 0.15) is 70.3 Å². The number of rotatable bonds is 8. The molecule has 1 atom stereocenters. The first kappa shape index (κ1) is 14.6. The van der Waals surface area contributed by atoms with E-state index in [0.717, 1.165) is 19.3 Å². The fourth-order valence-electron chi connectivity index (χ4n) is 3.36. The summed E-state index contributed by atoms with van der Waals surface area (Å²) in [5.74, 6) is 0. The lowest BCUT2D eigenvalue weighted by atomic mass is 9.60. The highest BCUT2D eigenvalue weighted by molar-refractivity contribution is 5.29. The molecular formula is C18H28O. The van der Waals surface area contributed by atoms with Crippen molar-refractivity contribution < 1.29 is 5.11 Å².